The van der Waals surface area contributed by atoms with Gasteiger partial charge in [0.25, 0.3) is 0 Å². The molecule has 0 nitrogen and oxygen atoms in total. The fourth-order valence-electron chi connectivity index (χ4n) is 6.68. The highest BCUT2D eigenvalue weighted by molar-refractivity contribution is 9.10. The van der Waals surface area contributed by atoms with Crippen LogP contribution in [0.1, 0.15) is 11.1 Å². The fraction of sp³-hybridized carbons (Fsp3) is 0.0526. The predicted octanol–water partition coefficient (Wildman–Crippen LogP) is 11.6. The van der Waals surface area contributed by atoms with Crippen LogP contribution in [0.4, 0.5) is 0 Å². The van der Waals surface area contributed by atoms with Crippen molar-refractivity contribution in [2.24, 2.45) is 0 Å². The van der Waals surface area contributed by atoms with Gasteiger partial charge in [0.2, 0.25) is 0 Å². The van der Waals surface area contributed by atoms with Crippen LogP contribution < -0.4 is 0 Å². The van der Waals surface area contributed by atoms with Gasteiger partial charge >= 0.3 is 0 Å². The summed E-state index contributed by atoms with van der Waals surface area (Å²) in [6, 6.07) is 42.8. The zero-order valence-corrected chi connectivity index (χ0v) is 23.4. The minimum Gasteiger partial charge on any atom is -0.0616 e. The third kappa shape index (κ3) is 3.23. The smallest absolute Gasteiger partial charge is 0.0260 e. The summed E-state index contributed by atoms with van der Waals surface area (Å²) in [5.74, 6) is 0. The van der Waals surface area contributed by atoms with Gasteiger partial charge in [-0.3, -0.25) is 0 Å². The molecule has 0 N–H and O–H groups in total. The number of benzene rings is 8. The molecular weight excluding hydrogens is 536 g/mol. The van der Waals surface area contributed by atoms with Gasteiger partial charge < -0.3 is 0 Å². The molecule has 0 spiro atoms. The van der Waals surface area contributed by atoms with E-state index in [1.165, 1.54) is 87.2 Å². The first kappa shape index (κ1) is 22.8. The van der Waals surface area contributed by atoms with Crippen LogP contribution >= 0.6 is 15.9 Å². The van der Waals surface area contributed by atoms with Crippen molar-refractivity contribution in [2.75, 3.05) is 0 Å². The van der Waals surface area contributed by atoms with Gasteiger partial charge in [-0.05, 0) is 107 Å². The summed E-state index contributed by atoms with van der Waals surface area (Å²) in [7, 11) is 0. The van der Waals surface area contributed by atoms with Crippen LogP contribution in [-0.4, -0.2) is 0 Å². The minimum absolute atomic E-state index is 1.13. The molecule has 0 aliphatic heterocycles. The van der Waals surface area contributed by atoms with Crippen LogP contribution in [-0.2, 0) is 0 Å². The van der Waals surface area contributed by atoms with Crippen LogP contribution in [0, 0.1) is 13.8 Å². The molecule has 184 valence electrons. The van der Waals surface area contributed by atoms with E-state index in [1.54, 1.807) is 0 Å². The van der Waals surface area contributed by atoms with E-state index in [9.17, 15) is 0 Å². The van der Waals surface area contributed by atoms with Gasteiger partial charge in [0.15, 0.2) is 0 Å². The highest BCUT2D eigenvalue weighted by Gasteiger charge is 2.18. The third-order valence-corrected chi connectivity index (χ3v) is 9.25. The highest BCUT2D eigenvalue weighted by atomic mass is 79.9. The SMILES string of the molecule is Cc1ccc(-c2ccc3ccc4c(-c5ccc(C)c6ccccc56)cc(Br)c5ccc2c3c54)c2ccccc12. The molecule has 0 bridgehead atoms. The molecule has 0 atom stereocenters. The number of halogens is 1. The van der Waals surface area contributed by atoms with Crippen molar-refractivity contribution in [1.82, 2.24) is 0 Å². The Labute approximate surface area is 236 Å². The fourth-order valence-corrected chi connectivity index (χ4v) is 7.24. The average Bonchev–Trinajstić information content (AvgIpc) is 2.97. The summed E-state index contributed by atoms with van der Waals surface area (Å²) in [5.41, 5.74) is 7.74. The predicted molar refractivity (Wildman–Crippen MR) is 173 cm³/mol. The molecule has 0 fully saturated rings. The van der Waals surface area contributed by atoms with E-state index in [-0.39, 0.29) is 0 Å². The molecule has 8 aromatic carbocycles. The lowest BCUT2D eigenvalue weighted by Gasteiger charge is -2.19. The Hall–Kier alpha value is -4.20. The molecule has 0 amide bonds. The van der Waals surface area contributed by atoms with Crippen molar-refractivity contribution in [1.29, 1.82) is 0 Å². The highest BCUT2D eigenvalue weighted by Crippen LogP contribution is 2.46. The van der Waals surface area contributed by atoms with Gasteiger partial charge in [0.05, 0.1) is 0 Å². The monoisotopic (exact) mass is 560 g/mol. The number of rotatable bonds is 2. The van der Waals surface area contributed by atoms with Crippen LogP contribution in [0.5, 0.6) is 0 Å². The maximum absolute atomic E-state index is 3.97. The Morgan fingerprint density at radius 1 is 0.385 bits per heavy atom. The summed E-state index contributed by atoms with van der Waals surface area (Å²) >= 11 is 3.97. The van der Waals surface area contributed by atoms with Crippen LogP contribution in [0.25, 0.3) is 76.1 Å². The molecule has 0 aliphatic rings. The molecule has 8 aromatic rings. The second kappa shape index (κ2) is 8.40. The molecule has 0 unspecified atom stereocenters. The molecule has 0 radical (unpaired) electrons. The lowest BCUT2D eigenvalue weighted by atomic mass is 9.85. The van der Waals surface area contributed by atoms with E-state index >= 15 is 0 Å². The number of hydrogen-bond donors (Lipinski definition) is 0. The molecule has 1 heteroatoms. The second-order valence-corrected chi connectivity index (χ2v) is 11.6. The first-order valence-electron chi connectivity index (χ1n) is 13.5. The summed E-state index contributed by atoms with van der Waals surface area (Å²) < 4.78 is 1.13. The summed E-state index contributed by atoms with van der Waals surface area (Å²) in [4.78, 5) is 0. The lowest BCUT2D eigenvalue weighted by Crippen LogP contribution is -1.92. The Balaban J connectivity index is 1.50. The minimum atomic E-state index is 1.13. The van der Waals surface area contributed by atoms with Crippen molar-refractivity contribution in [3.05, 3.63) is 131 Å². The van der Waals surface area contributed by atoms with E-state index in [0.29, 0.717) is 0 Å². The van der Waals surface area contributed by atoms with Gasteiger partial charge in [-0.1, -0.05) is 125 Å². The maximum Gasteiger partial charge on any atom is 0.0260 e. The average molecular weight is 562 g/mol. The first-order valence-corrected chi connectivity index (χ1v) is 14.3. The van der Waals surface area contributed by atoms with Gasteiger partial charge in [0.1, 0.15) is 0 Å². The van der Waals surface area contributed by atoms with Crippen LogP contribution in [0.3, 0.4) is 0 Å². The van der Waals surface area contributed by atoms with Crippen LogP contribution in [0.2, 0.25) is 0 Å². The Morgan fingerprint density at radius 3 is 1.51 bits per heavy atom. The third-order valence-electron chi connectivity index (χ3n) is 8.60. The molecule has 39 heavy (non-hydrogen) atoms. The Bertz CT molecular complexity index is 2250. The quantitative estimate of drug-likeness (QED) is 0.184. The lowest BCUT2D eigenvalue weighted by molar-refractivity contribution is 1.53. The normalized spacial score (nSPS) is 12.0. The molecule has 8 rings (SSSR count). The number of fused-ring (bicyclic) bond motifs is 2. The topological polar surface area (TPSA) is 0 Å². The van der Waals surface area contributed by atoms with Gasteiger partial charge in [-0.25, -0.2) is 0 Å². The van der Waals surface area contributed by atoms with Crippen molar-refractivity contribution < 1.29 is 0 Å². The maximum atomic E-state index is 3.97. The molecule has 0 saturated heterocycles. The summed E-state index contributed by atoms with van der Waals surface area (Å²) in [6.45, 7) is 4.40. The van der Waals surface area contributed by atoms with Crippen molar-refractivity contribution in [3.63, 3.8) is 0 Å². The van der Waals surface area contributed by atoms with Crippen molar-refractivity contribution >= 4 is 69.8 Å². The molecular formula is C38H25Br. The Kier molecular flexibility index (Phi) is 4.90. The summed E-state index contributed by atoms with van der Waals surface area (Å²) in [5, 5.41) is 13.0. The van der Waals surface area contributed by atoms with E-state index in [2.05, 4.69) is 145 Å². The van der Waals surface area contributed by atoms with Gasteiger partial charge in [-0.2, -0.15) is 0 Å². The van der Waals surface area contributed by atoms with E-state index in [0.717, 1.165) is 4.47 Å². The van der Waals surface area contributed by atoms with Gasteiger partial charge in [-0.15, -0.1) is 0 Å². The van der Waals surface area contributed by atoms with Gasteiger partial charge in [0, 0.05) is 4.47 Å². The van der Waals surface area contributed by atoms with E-state index in [1.807, 2.05) is 0 Å². The second-order valence-electron chi connectivity index (χ2n) is 10.7. The molecule has 0 aromatic heterocycles. The van der Waals surface area contributed by atoms with E-state index in [4.69, 9.17) is 0 Å². The van der Waals surface area contributed by atoms with E-state index < -0.39 is 0 Å². The Morgan fingerprint density at radius 2 is 0.846 bits per heavy atom. The zero-order valence-electron chi connectivity index (χ0n) is 21.8. The molecule has 0 aliphatic carbocycles. The molecule has 0 heterocycles. The van der Waals surface area contributed by atoms with Crippen molar-refractivity contribution in [2.45, 2.75) is 13.8 Å². The largest absolute Gasteiger partial charge is 0.0616 e. The number of hydrogen-bond acceptors (Lipinski definition) is 0. The number of aryl methyl sites for hydroxylation is 2. The summed E-state index contributed by atoms with van der Waals surface area (Å²) in [6.07, 6.45) is 0. The van der Waals surface area contributed by atoms with Crippen molar-refractivity contribution in [3.8, 4) is 22.3 Å². The zero-order chi connectivity index (χ0) is 26.2. The standard InChI is InChI=1S/C38H25Br/c1-22-11-15-29(27-9-5-3-7-25(22)27)30-17-13-24-14-18-33-35(21-36(39)34-20-19-32(30)37(24)38(33)34)31-16-12-23(2)26-8-4-6-10-28(26)31/h3-21H,1-2H3. The first-order chi connectivity index (χ1) is 19.1. The van der Waals surface area contributed by atoms with Crippen LogP contribution in [0.15, 0.2) is 120 Å². The molecule has 0 saturated carbocycles.